The Labute approximate surface area is 210 Å². The molecule has 0 radical (unpaired) electrons. The Morgan fingerprint density at radius 2 is 1.24 bits per heavy atom. The maximum atomic E-state index is 12.2. The molecule has 1 amide bonds. The molecule has 0 saturated carbocycles. The number of amides is 1. The molecular weight excluding hydrogens is 422 g/mol. The number of aliphatic hydroxyl groups excluding tert-OH is 2. The van der Waals surface area contributed by atoms with Gasteiger partial charge in [-0.15, -0.1) is 0 Å². The van der Waals surface area contributed by atoms with E-state index in [9.17, 15) is 15.0 Å². The normalized spacial score (nSPS) is 14.1. The summed E-state index contributed by atoms with van der Waals surface area (Å²) in [5, 5.41) is 22.6. The third kappa shape index (κ3) is 22.2. The minimum Gasteiger partial charge on any atom is -0.394 e. The molecule has 0 aliphatic carbocycles. The van der Waals surface area contributed by atoms with Crippen LogP contribution in [0.5, 0.6) is 0 Å². The fourth-order valence-electron chi connectivity index (χ4n) is 3.62. The molecule has 4 heteroatoms. The fraction of sp³-hybridized carbons (Fsp3) is 0.700. The van der Waals surface area contributed by atoms with E-state index in [1.807, 2.05) is 6.08 Å². The van der Waals surface area contributed by atoms with Crippen molar-refractivity contribution >= 4 is 5.91 Å². The molecule has 0 bridgehead atoms. The minimum absolute atomic E-state index is 0.0958. The second-order valence-electron chi connectivity index (χ2n) is 9.05. The van der Waals surface area contributed by atoms with Gasteiger partial charge in [-0.25, -0.2) is 0 Å². The van der Waals surface area contributed by atoms with Gasteiger partial charge >= 0.3 is 0 Å². The van der Waals surface area contributed by atoms with Gasteiger partial charge in [0.1, 0.15) is 0 Å². The van der Waals surface area contributed by atoms with Crippen molar-refractivity contribution in [3.05, 3.63) is 48.6 Å². The molecule has 196 valence electrons. The van der Waals surface area contributed by atoms with Crippen LogP contribution < -0.4 is 5.32 Å². The van der Waals surface area contributed by atoms with Crippen molar-refractivity contribution in [2.75, 3.05) is 6.61 Å². The molecule has 4 nitrogen and oxygen atoms in total. The van der Waals surface area contributed by atoms with Gasteiger partial charge in [-0.3, -0.25) is 4.79 Å². The van der Waals surface area contributed by atoms with Crippen molar-refractivity contribution < 1.29 is 15.0 Å². The molecule has 3 N–H and O–H groups in total. The molecule has 0 aliphatic rings. The summed E-state index contributed by atoms with van der Waals surface area (Å²) in [5.41, 5.74) is 0. The molecular formula is C30H53NO3. The Morgan fingerprint density at radius 3 is 1.85 bits per heavy atom. The Kier molecular flexibility index (Phi) is 24.7. The Morgan fingerprint density at radius 1 is 0.706 bits per heavy atom. The first kappa shape index (κ1) is 32.4. The smallest absolute Gasteiger partial charge is 0.220 e. The quantitative estimate of drug-likeness (QED) is 0.107. The summed E-state index contributed by atoms with van der Waals surface area (Å²) >= 11 is 0. The zero-order valence-electron chi connectivity index (χ0n) is 22.1. The lowest BCUT2D eigenvalue weighted by Crippen LogP contribution is -2.45. The summed E-state index contributed by atoms with van der Waals surface area (Å²) in [5.74, 6) is -0.0958. The summed E-state index contributed by atoms with van der Waals surface area (Å²) in [6, 6.07) is -0.645. The molecule has 0 aromatic heterocycles. The first-order valence-electron chi connectivity index (χ1n) is 13.9. The van der Waals surface area contributed by atoms with E-state index < -0.39 is 12.1 Å². The number of hydrogen-bond donors (Lipinski definition) is 3. The van der Waals surface area contributed by atoms with Gasteiger partial charge in [0, 0.05) is 6.42 Å². The second-order valence-corrected chi connectivity index (χ2v) is 9.05. The molecule has 0 fully saturated rings. The van der Waals surface area contributed by atoms with Gasteiger partial charge in [-0.2, -0.15) is 0 Å². The number of aliphatic hydroxyl groups is 2. The summed E-state index contributed by atoms with van der Waals surface area (Å²) < 4.78 is 0. The van der Waals surface area contributed by atoms with Crippen LogP contribution in [-0.2, 0) is 4.79 Å². The number of nitrogens with one attached hydrogen (secondary N) is 1. The summed E-state index contributed by atoms with van der Waals surface area (Å²) in [6.45, 7) is 4.10. The van der Waals surface area contributed by atoms with Gasteiger partial charge < -0.3 is 15.5 Å². The maximum absolute atomic E-state index is 12.2. The van der Waals surface area contributed by atoms with Gasteiger partial charge in [-0.05, 0) is 64.2 Å². The molecule has 0 spiro atoms. The second kappa shape index (κ2) is 26.0. The third-order valence-electron chi connectivity index (χ3n) is 5.77. The van der Waals surface area contributed by atoms with Gasteiger partial charge in [0.25, 0.3) is 0 Å². The summed E-state index contributed by atoms with van der Waals surface area (Å²) in [7, 11) is 0. The standard InChI is InChI=1S/C30H53NO3/c1-3-5-7-9-11-13-15-16-18-20-22-24-26-30(34)31-28(27-32)29(33)25-23-21-19-17-14-12-10-8-6-4-2/h6,8,11,13-14,17,23,25,28-29,32-33H,3-5,7,9-10,12,15-16,18-22,24,26-27H2,1-2H3,(H,31,34)/b8-6+,13-11-,17-14+,25-23+. The average molecular weight is 476 g/mol. The topological polar surface area (TPSA) is 69.6 Å². The highest BCUT2D eigenvalue weighted by Gasteiger charge is 2.17. The molecule has 0 aliphatic heterocycles. The Balaban J connectivity index is 3.82. The Hall–Kier alpha value is -1.65. The van der Waals surface area contributed by atoms with E-state index in [4.69, 9.17) is 0 Å². The van der Waals surface area contributed by atoms with Crippen LogP contribution in [0.3, 0.4) is 0 Å². The van der Waals surface area contributed by atoms with E-state index in [-0.39, 0.29) is 12.5 Å². The summed E-state index contributed by atoms with van der Waals surface area (Å²) in [6.07, 6.45) is 33.2. The van der Waals surface area contributed by atoms with E-state index >= 15 is 0 Å². The van der Waals surface area contributed by atoms with Crippen molar-refractivity contribution in [2.24, 2.45) is 0 Å². The van der Waals surface area contributed by atoms with E-state index in [2.05, 4.69) is 55.6 Å². The number of hydrogen-bond acceptors (Lipinski definition) is 3. The first-order valence-corrected chi connectivity index (χ1v) is 13.9. The third-order valence-corrected chi connectivity index (χ3v) is 5.77. The van der Waals surface area contributed by atoms with E-state index in [1.165, 1.54) is 38.5 Å². The SMILES string of the molecule is CC/C=C/CC/C=C/CC/C=C/C(O)C(CO)NC(=O)CCCCCCC/C=C\CCCCC. The molecule has 0 rings (SSSR count). The lowest BCUT2D eigenvalue weighted by atomic mass is 10.1. The van der Waals surface area contributed by atoms with E-state index in [0.29, 0.717) is 6.42 Å². The van der Waals surface area contributed by atoms with Crippen LogP contribution in [0.1, 0.15) is 117 Å². The lowest BCUT2D eigenvalue weighted by Gasteiger charge is -2.19. The highest BCUT2D eigenvalue weighted by Crippen LogP contribution is 2.09. The van der Waals surface area contributed by atoms with Crippen LogP contribution in [0, 0.1) is 0 Å². The van der Waals surface area contributed by atoms with Crippen LogP contribution in [0.25, 0.3) is 0 Å². The molecule has 0 aromatic carbocycles. The number of allylic oxidation sites excluding steroid dienone is 7. The fourth-order valence-corrected chi connectivity index (χ4v) is 3.62. The van der Waals surface area contributed by atoms with E-state index in [0.717, 1.165) is 57.8 Å². The van der Waals surface area contributed by atoms with Crippen molar-refractivity contribution in [3.63, 3.8) is 0 Å². The van der Waals surface area contributed by atoms with Crippen LogP contribution in [0.15, 0.2) is 48.6 Å². The first-order chi connectivity index (χ1) is 16.7. The number of carbonyl (C=O) groups excluding carboxylic acids is 1. The van der Waals surface area contributed by atoms with Gasteiger partial charge in [0.2, 0.25) is 5.91 Å². The van der Waals surface area contributed by atoms with Crippen LogP contribution in [0.2, 0.25) is 0 Å². The molecule has 2 atom stereocenters. The highest BCUT2D eigenvalue weighted by molar-refractivity contribution is 5.76. The molecule has 0 saturated heterocycles. The molecule has 0 heterocycles. The predicted molar refractivity (Wildman–Crippen MR) is 147 cm³/mol. The molecule has 34 heavy (non-hydrogen) atoms. The van der Waals surface area contributed by atoms with Crippen molar-refractivity contribution in [2.45, 2.75) is 129 Å². The van der Waals surface area contributed by atoms with Crippen molar-refractivity contribution in [3.8, 4) is 0 Å². The number of rotatable bonds is 23. The maximum Gasteiger partial charge on any atom is 0.220 e. The van der Waals surface area contributed by atoms with Crippen LogP contribution in [0.4, 0.5) is 0 Å². The minimum atomic E-state index is -0.868. The van der Waals surface area contributed by atoms with Gasteiger partial charge in [0.05, 0.1) is 18.8 Å². The van der Waals surface area contributed by atoms with Gasteiger partial charge in [-0.1, -0.05) is 94.6 Å². The average Bonchev–Trinajstić information content (AvgIpc) is 2.84. The zero-order valence-corrected chi connectivity index (χ0v) is 22.1. The van der Waals surface area contributed by atoms with Crippen molar-refractivity contribution in [1.29, 1.82) is 0 Å². The Bertz CT molecular complexity index is 565. The van der Waals surface area contributed by atoms with E-state index in [1.54, 1.807) is 6.08 Å². The number of unbranched alkanes of at least 4 members (excludes halogenated alkanes) is 10. The lowest BCUT2D eigenvalue weighted by molar-refractivity contribution is -0.123. The molecule has 0 aromatic rings. The zero-order chi connectivity index (χ0) is 25.1. The predicted octanol–water partition coefficient (Wildman–Crippen LogP) is 7.33. The largest absolute Gasteiger partial charge is 0.394 e. The van der Waals surface area contributed by atoms with Crippen LogP contribution >= 0.6 is 0 Å². The van der Waals surface area contributed by atoms with Crippen molar-refractivity contribution in [1.82, 2.24) is 5.32 Å². The monoisotopic (exact) mass is 475 g/mol. The highest BCUT2D eigenvalue weighted by atomic mass is 16.3. The van der Waals surface area contributed by atoms with Gasteiger partial charge in [0.15, 0.2) is 0 Å². The summed E-state index contributed by atoms with van der Waals surface area (Å²) in [4.78, 5) is 12.2. The molecule has 2 unspecified atom stereocenters. The van der Waals surface area contributed by atoms with Crippen LogP contribution in [-0.4, -0.2) is 34.9 Å². The number of carbonyl (C=O) groups is 1.